The second-order valence-corrected chi connectivity index (χ2v) is 7.56. The summed E-state index contributed by atoms with van der Waals surface area (Å²) in [5.41, 5.74) is 2.91. The smallest absolute Gasteiger partial charge is 0.322 e. The zero-order chi connectivity index (χ0) is 20.9. The molecule has 30 heavy (non-hydrogen) atoms. The topological polar surface area (TPSA) is 59.4 Å². The van der Waals surface area contributed by atoms with Gasteiger partial charge in [0, 0.05) is 30.5 Å². The molecule has 0 radical (unpaired) electrons. The van der Waals surface area contributed by atoms with E-state index in [0.717, 1.165) is 36.5 Å². The van der Waals surface area contributed by atoms with Crippen LogP contribution >= 0.6 is 0 Å². The van der Waals surface area contributed by atoms with E-state index in [1.165, 1.54) is 0 Å². The number of imidazole rings is 1. The normalized spacial score (nSPS) is 16.3. The first-order chi connectivity index (χ1) is 14.7. The highest BCUT2D eigenvalue weighted by molar-refractivity contribution is 5.91. The number of piperidine rings is 1. The number of amides is 2. The molecule has 1 aromatic heterocycles. The van der Waals surface area contributed by atoms with Crippen LogP contribution in [-0.2, 0) is 0 Å². The molecule has 1 aliphatic heterocycles. The summed E-state index contributed by atoms with van der Waals surface area (Å²) in [5.74, 6) is 1.65. The highest BCUT2D eigenvalue weighted by atomic mass is 16.5. The van der Waals surface area contributed by atoms with Crippen LogP contribution in [0.5, 0.6) is 5.75 Å². The minimum absolute atomic E-state index is 0.0918. The van der Waals surface area contributed by atoms with Gasteiger partial charge in [0.15, 0.2) is 0 Å². The predicted molar refractivity (Wildman–Crippen MR) is 119 cm³/mol. The number of nitrogens with zero attached hydrogens (tertiary/aromatic N) is 3. The van der Waals surface area contributed by atoms with Gasteiger partial charge in [0.2, 0.25) is 0 Å². The van der Waals surface area contributed by atoms with Gasteiger partial charge in [-0.15, -0.1) is 0 Å². The van der Waals surface area contributed by atoms with Gasteiger partial charge < -0.3 is 19.5 Å². The van der Waals surface area contributed by atoms with Crippen molar-refractivity contribution in [1.82, 2.24) is 14.5 Å². The average molecular weight is 405 g/mol. The first kappa shape index (κ1) is 20.0. The largest absolute Gasteiger partial charge is 0.492 e. The van der Waals surface area contributed by atoms with E-state index in [9.17, 15) is 4.79 Å². The number of hydrogen-bond donors (Lipinski definition) is 1. The summed E-state index contributed by atoms with van der Waals surface area (Å²) in [7, 11) is 0. The Morgan fingerprint density at radius 1 is 1.17 bits per heavy atom. The number of rotatable bonds is 5. The lowest BCUT2D eigenvalue weighted by Crippen LogP contribution is -2.43. The maximum atomic E-state index is 13.0. The molecule has 1 atom stereocenters. The molecule has 0 saturated carbocycles. The fourth-order valence-electron chi connectivity index (χ4n) is 4.10. The van der Waals surface area contributed by atoms with Crippen molar-refractivity contribution in [1.29, 1.82) is 0 Å². The number of carbonyl (C=O) groups is 1. The Morgan fingerprint density at radius 3 is 2.73 bits per heavy atom. The first-order valence-corrected chi connectivity index (χ1v) is 10.5. The van der Waals surface area contributed by atoms with Crippen molar-refractivity contribution < 1.29 is 9.53 Å². The van der Waals surface area contributed by atoms with Crippen LogP contribution in [0.15, 0.2) is 60.8 Å². The fourth-order valence-corrected chi connectivity index (χ4v) is 4.10. The molecule has 0 spiro atoms. The molecule has 1 saturated heterocycles. The van der Waals surface area contributed by atoms with Crippen molar-refractivity contribution in [2.24, 2.45) is 0 Å². The van der Waals surface area contributed by atoms with Crippen molar-refractivity contribution in [3.05, 3.63) is 66.5 Å². The Kier molecular flexibility index (Phi) is 6.02. The van der Waals surface area contributed by atoms with Gasteiger partial charge in [-0.05, 0) is 38.8 Å². The third kappa shape index (κ3) is 4.17. The van der Waals surface area contributed by atoms with Gasteiger partial charge in [-0.1, -0.05) is 42.5 Å². The number of benzene rings is 2. The number of hydrogen-bond acceptors (Lipinski definition) is 3. The number of aryl methyl sites for hydroxylation is 1. The molecule has 1 aliphatic rings. The number of anilines is 1. The Morgan fingerprint density at radius 2 is 1.93 bits per heavy atom. The summed E-state index contributed by atoms with van der Waals surface area (Å²) in [5, 5.41) is 3.03. The number of para-hydroxylation sites is 2. The van der Waals surface area contributed by atoms with E-state index in [1.807, 2.05) is 60.5 Å². The molecule has 156 valence electrons. The molecule has 1 fully saturated rings. The van der Waals surface area contributed by atoms with Gasteiger partial charge in [-0.25, -0.2) is 9.78 Å². The summed E-state index contributed by atoms with van der Waals surface area (Å²) < 4.78 is 7.92. The lowest BCUT2D eigenvalue weighted by Gasteiger charge is -2.35. The van der Waals surface area contributed by atoms with Crippen molar-refractivity contribution in [2.45, 2.75) is 32.7 Å². The lowest BCUT2D eigenvalue weighted by atomic mass is 10.0. The predicted octanol–water partition coefficient (Wildman–Crippen LogP) is 5.13. The number of urea groups is 1. The maximum Gasteiger partial charge on any atom is 0.322 e. The fraction of sp³-hybridized carbons (Fsp3) is 0.333. The number of carbonyl (C=O) groups excluding carboxylic acids is 1. The van der Waals surface area contributed by atoms with Crippen molar-refractivity contribution in [2.75, 3.05) is 25.0 Å². The third-order valence-electron chi connectivity index (χ3n) is 5.49. The third-order valence-corrected chi connectivity index (χ3v) is 5.49. The number of aromatic nitrogens is 2. The highest BCUT2D eigenvalue weighted by Gasteiger charge is 2.27. The minimum atomic E-state index is -0.0918. The molecule has 6 heteroatoms. The lowest BCUT2D eigenvalue weighted by molar-refractivity contribution is 0.178. The quantitative estimate of drug-likeness (QED) is 0.642. The molecule has 3 aromatic rings. The number of likely N-dealkylation sites (tertiary alicyclic amines) is 1. The van der Waals surface area contributed by atoms with Crippen LogP contribution in [0.1, 0.15) is 31.5 Å². The summed E-state index contributed by atoms with van der Waals surface area (Å²) in [6.07, 6.45) is 3.90. The van der Waals surface area contributed by atoms with Crippen LogP contribution < -0.4 is 10.1 Å². The summed E-state index contributed by atoms with van der Waals surface area (Å²) in [4.78, 5) is 19.6. The van der Waals surface area contributed by atoms with Crippen LogP contribution in [0.25, 0.3) is 11.4 Å². The molecule has 0 bridgehead atoms. The molecular formula is C24H28N4O2. The van der Waals surface area contributed by atoms with Gasteiger partial charge in [-0.3, -0.25) is 0 Å². The van der Waals surface area contributed by atoms with E-state index in [4.69, 9.17) is 4.74 Å². The van der Waals surface area contributed by atoms with Gasteiger partial charge >= 0.3 is 6.03 Å². The van der Waals surface area contributed by atoms with Crippen LogP contribution in [0.4, 0.5) is 10.5 Å². The van der Waals surface area contributed by atoms with Gasteiger partial charge in [0.1, 0.15) is 11.6 Å². The van der Waals surface area contributed by atoms with Crippen LogP contribution in [0, 0.1) is 6.92 Å². The average Bonchev–Trinajstić information content (AvgIpc) is 3.17. The van der Waals surface area contributed by atoms with E-state index in [1.54, 1.807) is 0 Å². The number of ether oxygens (including phenoxy) is 1. The zero-order valence-electron chi connectivity index (χ0n) is 17.5. The van der Waals surface area contributed by atoms with E-state index in [2.05, 4.69) is 33.9 Å². The monoisotopic (exact) mass is 404 g/mol. The second-order valence-electron chi connectivity index (χ2n) is 7.56. The zero-order valence-corrected chi connectivity index (χ0v) is 17.5. The molecule has 0 aliphatic carbocycles. The van der Waals surface area contributed by atoms with Crippen LogP contribution in [0.2, 0.25) is 0 Å². The minimum Gasteiger partial charge on any atom is -0.492 e. The molecule has 4 rings (SSSR count). The SMILES string of the molecule is CCOc1ccccc1NC(=O)N1CCCC(n2c(C)cnc2-c2ccccc2)C1. The van der Waals surface area contributed by atoms with Gasteiger partial charge in [0.25, 0.3) is 0 Å². The van der Waals surface area contributed by atoms with Crippen molar-refractivity contribution in [3.8, 4) is 17.1 Å². The number of nitrogens with one attached hydrogen (secondary N) is 1. The standard InChI is InChI=1S/C24H28N4O2/c1-3-30-22-14-8-7-13-21(22)26-24(29)27-15-9-12-20(17-27)28-18(2)16-25-23(28)19-10-5-4-6-11-19/h4-8,10-11,13-14,16,20H,3,9,12,15,17H2,1-2H3,(H,26,29). The Bertz CT molecular complexity index is 999. The summed E-state index contributed by atoms with van der Waals surface area (Å²) >= 11 is 0. The van der Waals surface area contributed by atoms with E-state index >= 15 is 0 Å². The highest BCUT2D eigenvalue weighted by Crippen LogP contribution is 2.30. The van der Waals surface area contributed by atoms with Crippen LogP contribution in [0.3, 0.4) is 0 Å². The Hall–Kier alpha value is -3.28. The molecule has 1 unspecified atom stereocenters. The van der Waals surface area contributed by atoms with Gasteiger partial charge in [-0.2, -0.15) is 0 Å². The molecule has 2 heterocycles. The molecular weight excluding hydrogens is 376 g/mol. The molecule has 2 amide bonds. The van der Waals surface area contributed by atoms with Crippen molar-refractivity contribution >= 4 is 11.7 Å². The van der Waals surface area contributed by atoms with Crippen LogP contribution in [-0.4, -0.2) is 40.2 Å². The van der Waals surface area contributed by atoms with E-state index in [-0.39, 0.29) is 12.1 Å². The molecule has 2 aromatic carbocycles. The Labute approximate surface area is 177 Å². The van der Waals surface area contributed by atoms with Crippen molar-refractivity contribution in [3.63, 3.8) is 0 Å². The second kappa shape index (κ2) is 9.03. The summed E-state index contributed by atoms with van der Waals surface area (Å²) in [6.45, 7) is 5.97. The maximum absolute atomic E-state index is 13.0. The first-order valence-electron chi connectivity index (χ1n) is 10.5. The Balaban J connectivity index is 1.52. The molecule has 6 nitrogen and oxygen atoms in total. The van der Waals surface area contributed by atoms with Gasteiger partial charge in [0.05, 0.1) is 18.3 Å². The summed E-state index contributed by atoms with van der Waals surface area (Å²) in [6, 6.07) is 17.9. The van der Waals surface area contributed by atoms with E-state index in [0.29, 0.717) is 24.6 Å². The molecule has 1 N–H and O–H groups in total. The van der Waals surface area contributed by atoms with E-state index < -0.39 is 0 Å².